The molecule has 1 aliphatic carbocycles. The molecule has 3 rings (SSSR count). The van der Waals surface area contributed by atoms with Gasteiger partial charge < -0.3 is 14.8 Å². The van der Waals surface area contributed by atoms with Crippen LogP contribution >= 0.6 is 11.6 Å². The number of methoxy groups -OCH3 is 2. The molecule has 5 heteroatoms. The smallest absolute Gasteiger partial charge is 0.235 e. The van der Waals surface area contributed by atoms with E-state index in [-0.39, 0.29) is 5.91 Å². The van der Waals surface area contributed by atoms with Gasteiger partial charge in [0.2, 0.25) is 5.91 Å². The number of carbonyl (C=O) groups excluding carboxylic acids is 1. The minimum Gasteiger partial charge on any atom is -0.493 e. The standard InChI is InChI=1S/C20H22ClNO3/c1-24-17-9-8-14(12-18(17)25-2)20(10-3-4-11-20)19(23)22-16-7-5-6-15(21)13-16/h5-9,12-13H,3-4,10-11H2,1-2H3,(H,22,23). The molecule has 0 aromatic heterocycles. The van der Waals surface area contributed by atoms with Crippen molar-refractivity contribution in [2.75, 3.05) is 19.5 Å². The normalized spacial score (nSPS) is 15.6. The van der Waals surface area contributed by atoms with Gasteiger partial charge in [0.25, 0.3) is 0 Å². The summed E-state index contributed by atoms with van der Waals surface area (Å²) in [5.41, 5.74) is 1.12. The molecule has 0 radical (unpaired) electrons. The van der Waals surface area contributed by atoms with Crippen LogP contribution in [0.25, 0.3) is 0 Å². The molecule has 132 valence electrons. The average Bonchev–Trinajstić information content (AvgIpc) is 3.12. The van der Waals surface area contributed by atoms with Crippen LogP contribution in [0.4, 0.5) is 5.69 Å². The van der Waals surface area contributed by atoms with Crippen molar-refractivity contribution >= 4 is 23.2 Å². The lowest BCUT2D eigenvalue weighted by Gasteiger charge is -2.29. The Morgan fingerprint density at radius 2 is 1.76 bits per heavy atom. The van der Waals surface area contributed by atoms with Gasteiger partial charge in [-0.15, -0.1) is 0 Å². The van der Waals surface area contributed by atoms with Crippen LogP contribution in [0.1, 0.15) is 31.2 Å². The Morgan fingerprint density at radius 3 is 2.40 bits per heavy atom. The number of anilines is 1. The Kier molecular flexibility index (Phi) is 5.19. The van der Waals surface area contributed by atoms with E-state index in [0.717, 1.165) is 31.2 Å². The lowest BCUT2D eigenvalue weighted by atomic mass is 9.77. The zero-order chi connectivity index (χ0) is 17.9. The highest BCUT2D eigenvalue weighted by atomic mass is 35.5. The fourth-order valence-corrected chi connectivity index (χ4v) is 3.77. The zero-order valence-corrected chi connectivity index (χ0v) is 15.2. The monoisotopic (exact) mass is 359 g/mol. The molecule has 2 aromatic carbocycles. The molecule has 1 saturated carbocycles. The van der Waals surface area contributed by atoms with Gasteiger partial charge in [-0.2, -0.15) is 0 Å². The number of nitrogens with one attached hydrogen (secondary N) is 1. The summed E-state index contributed by atoms with van der Waals surface area (Å²) in [6.07, 6.45) is 3.68. The molecule has 0 saturated heterocycles. The molecule has 0 bridgehead atoms. The van der Waals surface area contributed by atoms with Crippen LogP contribution in [0.2, 0.25) is 5.02 Å². The predicted molar refractivity (Wildman–Crippen MR) is 99.8 cm³/mol. The van der Waals surface area contributed by atoms with E-state index in [9.17, 15) is 4.79 Å². The van der Waals surface area contributed by atoms with Gasteiger partial charge in [0.1, 0.15) is 0 Å². The third kappa shape index (κ3) is 3.45. The van der Waals surface area contributed by atoms with Crippen molar-refractivity contribution in [3.63, 3.8) is 0 Å². The van der Waals surface area contributed by atoms with Crippen molar-refractivity contribution in [3.8, 4) is 11.5 Å². The van der Waals surface area contributed by atoms with E-state index < -0.39 is 5.41 Å². The lowest BCUT2D eigenvalue weighted by molar-refractivity contribution is -0.121. The highest BCUT2D eigenvalue weighted by Gasteiger charge is 2.43. The van der Waals surface area contributed by atoms with Gasteiger partial charge in [-0.05, 0) is 48.7 Å². The second kappa shape index (κ2) is 7.36. The topological polar surface area (TPSA) is 47.6 Å². The van der Waals surface area contributed by atoms with Crippen LogP contribution in [0, 0.1) is 0 Å². The van der Waals surface area contributed by atoms with Gasteiger partial charge in [0, 0.05) is 10.7 Å². The Bertz CT molecular complexity index is 769. The Labute approximate surface area is 153 Å². The quantitative estimate of drug-likeness (QED) is 0.833. The number of amides is 1. The maximum atomic E-state index is 13.2. The highest BCUT2D eigenvalue weighted by molar-refractivity contribution is 6.30. The first kappa shape index (κ1) is 17.6. The van der Waals surface area contributed by atoms with Crippen LogP contribution in [-0.4, -0.2) is 20.1 Å². The molecule has 0 aliphatic heterocycles. The first-order chi connectivity index (χ1) is 12.1. The SMILES string of the molecule is COc1ccc(C2(C(=O)Nc3cccc(Cl)c3)CCCC2)cc1OC. The maximum Gasteiger partial charge on any atom is 0.235 e. The van der Waals surface area contributed by atoms with Gasteiger partial charge in [0.05, 0.1) is 19.6 Å². The van der Waals surface area contributed by atoms with Crippen molar-refractivity contribution in [1.29, 1.82) is 0 Å². The lowest BCUT2D eigenvalue weighted by Crippen LogP contribution is -2.38. The molecule has 1 fully saturated rings. The van der Waals surface area contributed by atoms with Crippen LogP contribution < -0.4 is 14.8 Å². The van der Waals surface area contributed by atoms with Crippen molar-refractivity contribution in [2.45, 2.75) is 31.1 Å². The molecular weight excluding hydrogens is 338 g/mol. The molecule has 1 amide bonds. The van der Waals surface area contributed by atoms with Crippen molar-refractivity contribution in [3.05, 3.63) is 53.1 Å². The number of carbonyl (C=O) groups is 1. The van der Waals surface area contributed by atoms with Gasteiger partial charge in [-0.3, -0.25) is 4.79 Å². The maximum absolute atomic E-state index is 13.2. The highest BCUT2D eigenvalue weighted by Crippen LogP contribution is 2.44. The summed E-state index contributed by atoms with van der Waals surface area (Å²) in [5.74, 6) is 1.30. The molecule has 2 aromatic rings. The van der Waals surface area contributed by atoms with Crippen LogP contribution in [0.5, 0.6) is 11.5 Å². The van der Waals surface area contributed by atoms with Gasteiger partial charge in [-0.25, -0.2) is 0 Å². The van der Waals surface area contributed by atoms with E-state index >= 15 is 0 Å². The summed E-state index contributed by atoms with van der Waals surface area (Å²) in [6.45, 7) is 0. The summed E-state index contributed by atoms with van der Waals surface area (Å²) in [5, 5.41) is 3.64. The minimum absolute atomic E-state index is 0.000475. The molecule has 0 spiro atoms. The summed E-state index contributed by atoms with van der Waals surface area (Å²) in [6, 6.07) is 13.0. The predicted octanol–water partition coefficient (Wildman–Crippen LogP) is 4.81. The number of hydrogen-bond acceptors (Lipinski definition) is 3. The molecular formula is C20H22ClNO3. The summed E-state index contributed by atoms with van der Waals surface area (Å²) in [7, 11) is 3.21. The van der Waals surface area contributed by atoms with E-state index in [1.165, 1.54) is 0 Å². The van der Waals surface area contributed by atoms with Crippen LogP contribution in [0.15, 0.2) is 42.5 Å². The van der Waals surface area contributed by atoms with Gasteiger partial charge in [-0.1, -0.05) is 36.6 Å². The molecule has 1 N–H and O–H groups in total. The van der Waals surface area contributed by atoms with Crippen molar-refractivity contribution in [2.24, 2.45) is 0 Å². The molecule has 0 heterocycles. The van der Waals surface area contributed by atoms with Crippen molar-refractivity contribution in [1.82, 2.24) is 0 Å². The second-order valence-corrected chi connectivity index (χ2v) is 6.76. The van der Waals surface area contributed by atoms with Crippen LogP contribution in [0.3, 0.4) is 0 Å². The number of halogens is 1. The molecule has 0 unspecified atom stereocenters. The zero-order valence-electron chi connectivity index (χ0n) is 14.5. The number of rotatable bonds is 5. The first-order valence-corrected chi connectivity index (χ1v) is 8.76. The largest absolute Gasteiger partial charge is 0.493 e. The molecule has 4 nitrogen and oxygen atoms in total. The third-order valence-corrected chi connectivity index (χ3v) is 5.15. The van der Waals surface area contributed by atoms with Crippen LogP contribution in [-0.2, 0) is 10.2 Å². The number of benzene rings is 2. The van der Waals surface area contributed by atoms with E-state index in [2.05, 4.69) is 5.32 Å². The molecule has 1 aliphatic rings. The van der Waals surface area contributed by atoms with E-state index in [0.29, 0.717) is 22.2 Å². The van der Waals surface area contributed by atoms with E-state index in [1.807, 2.05) is 30.3 Å². The fraction of sp³-hybridized carbons (Fsp3) is 0.350. The Hall–Kier alpha value is -2.20. The molecule has 25 heavy (non-hydrogen) atoms. The summed E-state index contributed by atoms with van der Waals surface area (Å²) >= 11 is 6.03. The summed E-state index contributed by atoms with van der Waals surface area (Å²) in [4.78, 5) is 13.2. The first-order valence-electron chi connectivity index (χ1n) is 8.38. The van der Waals surface area contributed by atoms with Gasteiger partial charge >= 0.3 is 0 Å². The second-order valence-electron chi connectivity index (χ2n) is 6.32. The van der Waals surface area contributed by atoms with E-state index in [1.54, 1.807) is 26.4 Å². The summed E-state index contributed by atoms with van der Waals surface area (Å²) < 4.78 is 10.7. The average molecular weight is 360 g/mol. The fourth-order valence-electron chi connectivity index (χ4n) is 3.58. The number of hydrogen-bond donors (Lipinski definition) is 1. The van der Waals surface area contributed by atoms with E-state index in [4.69, 9.17) is 21.1 Å². The molecule has 0 atom stereocenters. The minimum atomic E-state index is -0.554. The Balaban J connectivity index is 1.95. The van der Waals surface area contributed by atoms with Crippen molar-refractivity contribution < 1.29 is 14.3 Å². The van der Waals surface area contributed by atoms with Gasteiger partial charge in [0.15, 0.2) is 11.5 Å². The number of ether oxygens (including phenoxy) is 2. The third-order valence-electron chi connectivity index (χ3n) is 4.91. The Morgan fingerprint density at radius 1 is 1.04 bits per heavy atom.